The molecular weight excluding hydrogens is 444 g/mol. The molecule has 0 bridgehead atoms. The van der Waals surface area contributed by atoms with E-state index in [4.69, 9.17) is 11.6 Å². The third kappa shape index (κ3) is 4.90. The molecule has 0 radical (unpaired) electrons. The molecule has 0 spiro atoms. The van der Waals surface area contributed by atoms with E-state index in [0.29, 0.717) is 27.3 Å². The summed E-state index contributed by atoms with van der Waals surface area (Å²) < 4.78 is 1.88. The lowest BCUT2D eigenvalue weighted by Gasteiger charge is -2.11. The van der Waals surface area contributed by atoms with Gasteiger partial charge in [0.25, 0.3) is 0 Å². The van der Waals surface area contributed by atoms with Gasteiger partial charge in [0.1, 0.15) is 0 Å². The second-order valence-electron chi connectivity index (χ2n) is 6.93. The number of nitrogens with one attached hydrogen (secondary N) is 1. The van der Waals surface area contributed by atoms with Crippen molar-refractivity contribution in [3.63, 3.8) is 0 Å². The van der Waals surface area contributed by atoms with E-state index in [1.807, 2.05) is 53.1 Å². The Morgan fingerprint density at radius 3 is 2.47 bits per heavy atom. The van der Waals surface area contributed by atoms with E-state index in [1.165, 1.54) is 18.7 Å². The van der Waals surface area contributed by atoms with Crippen LogP contribution in [-0.4, -0.2) is 32.2 Å². The second-order valence-corrected chi connectivity index (χ2v) is 8.28. The van der Waals surface area contributed by atoms with Crippen LogP contribution in [0.25, 0.3) is 17.1 Å². The highest BCUT2D eigenvalue weighted by Gasteiger charge is 2.19. The number of para-hydroxylation sites is 1. The fraction of sp³-hybridized carbons (Fsp3) is 0.0833. The van der Waals surface area contributed by atoms with Gasteiger partial charge < -0.3 is 5.32 Å². The number of nitrogens with zero attached hydrogens (tertiary/aromatic N) is 3. The minimum atomic E-state index is -0.211. The summed E-state index contributed by atoms with van der Waals surface area (Å²) in [5.41, 5.74) is 2.74. The van der Waals surface area contributed by atoms with Gasteiger partial charge in [0.15, 0.2) is 16.8 Å². The topological polar surface area (TPSA) is 76.9 Å². The molecule has 0 saturated heterocycles. The molecule has 0 aliphatic rings. The van der Waals surface area contributed by atoms with Crippen LogP contribution in [0.3, 0.4) is 0 Å². The molecule has 0 fully saturated rings. The maximum atomic E-state index is 12.6. The number of hydrogen-bond donors (Lipinski definition) is 1. The summed E-state index contributed by atoms with van der Waals surface area (Å²) >= 11 is 7.67. The molecule has 0 aliphatic carbocycles. The van der Waals surface area contributed by atoms with E-state index < -0.39 is 0 Å². The van der Waals surface area contributed by atoms with Gasteiger partial charge in [0.2, 0.25) is 5.91 Å². The van der Waals surface area contributed by atoms with Gasteiger partial charge in [-0.25, -0.2) is 0 Å². The summed E-state index contributed by atoms with van der Waals surface area (Å²) in [6.45, 7) is 1.49. The van der Waals surface area contributed by atoms with E-state index in [0.717, 1.165) is 11.3 Å². The molecule has 1 aromatic heterocycles. The number of carbonyl (C=O) groups is 2. The maximum Gasteiger partial charge on any atom is 0.234 e. The number of hydrogen-bond acceptors (Lipinski definition) is 5. The average Bonchev–Trinajstić information content (AvgIpc) is 3.22. The van der Waals surface area contributed by atoms with Gasteiger partial charge >= 0.3 is 0 Å². The van der Waals surface area contributed by atoms with Crippen LogP contribution < -0.4 is 5.32 Å². The number of Topliss-reactive ketones (excluding diaryl/α,β-unsaturated/α-hetero) is 1. The minimum absolute atomic E-state index is 0.0569. The smallest absolute Gasteiger partial charge is 0.234 e. The molecule has 1 N–H and O–H groups in total. The molecular formula is C24H19ClN4O2S. The summed E-state index contributed by atoms with van der Waals surface area (Å²) in [5, 5.41) is 12.6. The number of amides is 1. The summed E-state index contributed by atoms with van der Waals surface area (Å²) in [6.07, 6.45) is 0. The predicted molar refractivity (Wildman–Crippen MR) is 128 cm³/mol. The summed E-state index contributed by atoms with van der Waals surface area (Å²) in [4.78, 5) is 24.1. The third-order valence-electron chi connectivity index (χ3n) is 4.65. The van der Waals surface area contributed by atoms with Gasteiger partial charge in [-0.15, -0.1) is 10.2 Å². The van der Waals surface area contributed by atoms with Gasteiger partial charge in [-0.05, 0) is 43.3 Å². The number of halogens is 1. The normalized spacial score (nSPS) is 10.7. The van der Waals surface area contributed by atoms with Crippen LogP contribution in [-0.2, 0) is 4.79 Å². The molecule has 160 valence electrons. The van der Waals surface area contributed by atoms with E-state index in [9.17, 15) is 9.59 Å². The number of thioether (sulfide) groups is 1. The fourth-order valence-electron chi connectivity index (χ4n) is 3.13. The van der Waals surface area contributed by atoms with Gasteiger partial charge in [-0.2, -0.15) is 0 Å². The number of carbonyl (C=O) groups excluding carboxylic acids is 2. The first-order valence-corrected chi connectivity index (χ1v) is 11.2. The lowest BCUT2D eigenvalue weighted by Crippen LogP contribution is -2.15. The van der Waals surface area contributed by atoms with Crippen LogP contribution in [0, 0.1) is 0 Å². The van der Waals surface area contributed by atoms with E-state index >= 15 is 0 Å². The van der Waals surface area contributed by atoms with Crippen molar-refractivity contribution in [2.24, 2.45) is 0 Å². The Morgan fingerprint density at radius 1 is 0.969 bits per heavy atom. The van der Waals surface area contributed by atoms with E-state index in [2.05, 4.69) is 15.5 Å². The molecule has 0 aliphatic heterocycles. The number of rotatable bonds is 7. The molecule has 1 amide bonds. The standard InChI is InChI=1S/C24H19ClN4O2S/c1-16(30)17-8-7-9-18(14-17)26-22(31)15-32-24-28-27-23(20-12-5-6-13-21(20)25)29(24)19-10-3-2-4-11-19/h2-14H,15H2,1H3,(H,26,31). The van der Waals surface area contributed by atoms with Crippen LogP contribution in [0.4, 0.5) is 5.69 Å². The largest absolute Gasteiger partial charge is 0.325 e. The van der Waals surface area contributed by atoms with Crippen molar-refractivity contribution < 1.29 is 9.59 Å². The van der Waals surface area contributed by atoms with E-state index in [-0.39, 0.29) is 17.4 Å². The van der Waals surface area contributed by atoms with Crippen molar-refractivity contribution in [1.29, 1.82) is 0 Å². The molecule has 4 aromatic rings. The maximum absolute atomic E-state index is 12.6. The molecule has 4 rings (SSSR count). The Kier molecular flexibility index (Phi) is 6.68. The van der Waals surface area contributed by atoms with Gasteiger partial charge in [-0.3, -0.25) is 14.2 Å². The summed E-state index contributed by atoms with van der Waals surface area (Å²) in [7, 11) is 0. The fourth-order valence-corrected chi connectivity index (χ4v) is 4.11. The molecule has 0 atom stereocenters. The zero-order valence-electron chi connectivity index (χ0n) is 17.2. The first kappa shape index (κ1) is 21.8. The summed E-state index contributed by atoms with van der Waals surface area (Å²) in [5.74, 6) is 0.452. The predicted octanol–water partition coefficient (Wildman–Crippen LogP) is 5.52. The number of benzene rings is 3. The molecule has 8 heteroatoms. The van der Waals surface area contributed by atoms with Gasteiger partial charge in [-0.1, -0.05) is 65.8 Å². The summed E-state index contributed by atoms with van der Waals surface area (Å²) in [6, 6.07) is 24.0. The highest BCUT2D eigenvalue weighted by Crippen LogP contribution is 2.31. The first-order valence-electron chi connectivity index (χ1n) is 9.82. The van der Waals surface area contributed by atoms with Crippen molar-refractivity contribution in [3.05, 3.63) is 89.4 Å². The van der Waals surface area contributed by atoms with Crippen LogP contribution >= 0.6 is 23.4 Å². The Balaban J connectivity index is 1.58. The molecule has 6 nitrogen and oxygen atoms in total. The zero-order chi connectivity index (χ0) is 22.5. The SMILES string of the molecule is CC(=O)c1cccc(NC(=O)CSc2nnc(-c3ccccc3Cl)n2-c2ccccc2)c1. The Labute approximate surface area is 194 Å². The Hall–Kier alpha value is -3.42. The number of aromatic nitrogens is 3. The number of anilines is 1. The van der Waals surface area contributed by atoms with E-state index in [1.54, 1.807) is 30.3 Å². The average molecular weight is 463 g/mol. The molecule has 0 unspecified atom stereocenters. The minimum Gasteiger partial charge on any atom is -0.325 e. The van der Waals surface area contributed by atoms with Crippen LogP contribution in [0.1, 0.15) is 17.3 Å². The van der Waals surface area contributed by atoms with Crippen molar-refractivity contribution in [3.8, 4) is 17.1 Å². The highest BCUT2D eigenvalue weighted by molar-refractivity contribution is 7.99. The van der Waals surface area contributed by atoms with Crippen LogP contribution in [0.15, 0.2) is 84.0 Å². The van der Waals surface area contributed by atoms with Crippen molar-refractivity contribution in [2.45, 2.75) is 12.1 Å². The molecule has 0 saturated carbocycles. The lowest BCUT2D eigenvalue weighted by atomic mass is 10.1. The third-order valence-corrected chi connectivity index (χ3v) is 5.91. The van der Waals surface area contributed by atoms with Crippen molar-refractivity contribution in [2.75, 3.05) is 11.1 Å². The van der Waals surface area contributed by atoms with Gasteiger partial charge in [0, 0.05) is 22.5 Å². The highest BCUT2D eigenvalue weighted by atomic mass is 35.5. The van der Waals surface area contributed by atoms with Gasteiger partial charge in [0.05, 0.1) is 10.8 Å². The Bertz CT molecular complexity index is 1270. The molecule has 1 heterocycles. The van der Waals surface area contributed by atoms with Crippen molar-refractivity contribution in [1.82, 2.24) is 14.8 Å². The monoisotopic (exact) mass is 462 g/mol. The van der Waals surface area contributed by atoms with Crippen molar-refractivity contribution >= 4 is 40.7 Å². The molecule has 3 aromatic carbocycles. The number of ketones is 1. The molecule has 32 heavy (non-hydrogen) atoms. The Morgan fingerprint density at radius 2 is 1.72 bits per heavy atom. The van der Waals surface area contributed by atoms with Crippen LogP contribution in [0.2, 0.25) is 5.02 Å². The zero-order valence-corrected chi connectivity index (χ0v) is 18.7. The first-order chi connectivity index (χ1) is 15.5. The van der Waals surface area contributed by atoms with Crippen LogP contribution in [0.5, 0.6) is 0 Å². The second kappa shape index (κ2) is 9.80. The lowest BCUT2D eigenvalue weighted by molar-refractivity contribution is -0.113. The quantitative estimate of drug-likeness (QED) is 0.289.